The largest absolute Gasteiger partial charge is 0.293 e. The summed E-state index contributed by atoms with van der Waals surface area (Å²) >= 11 is 0. The van der Waals surface area contributed by atoms with Crippen LogP contribution in [0.4, 0.5) is 0 Å². The number of rotatable bonds is 2. The van der Waals surface area contributed by atoms with Crippen molar-refractivity contribution in [3.8, 4) is 0 Å². The molecule has 2 unspecified atom stereocenters. The highest BCUT2D eigenvalue weighted by molar-refractivity contribution is 4.83. The van der Waals surface area contributed by atoms with Crippen molar-refractivity contribution in [2.45, 2.75) is 12.5 Å². The SMILES string of the molecule is CN(C)C1CN(C)C(N(C)C)N1C. The molecule has 2 atom stereocenters. The Bertz CT molecular complexity index is 169. The van der Waals surface area contributed by atoms with Gasteiger partial charge in [-0.05, 0) is 42.3 Å². The number of hydrogen-bond acceptors (Lipinski definition) is 4. The van der Waals surface area contributed by atoms with E-state index in [9.17, 15) is 0 Å². The Kier molecular flexibility index (Phi) is 3.29. The molecule has 0 aliphatic carbocycles. The fraction of sp³-hybridized carbons (Fsp3) is 1.00. The highest BCUT2D eigenvalue weighted by Gasteiger charge is 2.36. The van der Waals surface area contributed by atoms with Crippen LogP contribution in [0.3, 0.4) is 0 Å². The second-order valence-electron chi connectivity index (χ2n) is 4.36. The van der Waals surface area contributed by atoms with Gasteiger partial charge in [0.2, 0.25) is 0 Å². The maximum Gasteiger partial charge on any atom is 0.120 e. The Labute approximate surface area is 81.7 Å². The van der Waals surface area contributed by atoms with Gasteiger partial charge in [-0.15, -0.1) is 0 Å². The molecule has 1 heterocycles. The predicted octanol–water partition coefficient (Wildman–Crippen LogP) is -0.403. The Balaban J connectivity index is 2.69. The number of likely N-dealkylation sites (N-methyl/N-ethyl adjacent to an activating group) is 3. The Morgan fingerprint density at radius 1 is 1.00 bits per heavy atom. The molecule has 0 saturated carbocycles. The van der Waals surface area contributed by atoms with E-state index in [4.69, 9.17) is 0 Å². The third-order valence-corrected chi connectivity index (χ3v) is 2.74. The van der Waals surface area contributed by atoms with Crippen molar-refractivity contribution in [1.29, 1.82) is 0 Å². The summed E-state index contributed by atoms with van der Waals surface area (Å²) in [5, 5.41) is 0. The summed E-state index contributed by atoms with van der Waals surface area (Å²) < 4.78 is 0. The smallest absolute Gasteiger partial charge is 0.120 e. The number of nitrogens with zero attached hydrogens (tertiary/aromatic N) is 4. The van der Waals surface area contributed by atoms with Crippen molar-refractivity contribution in [3.63, 3.8) is 0 Å². The van der Waals surface area contributed by atoms with E-state index in [1.54, 1.807) is 0 Å². The van der Waals surface area contributed by atoms with E-state index in [-0.39, 0.29) is 0 Å². The van der Waals surface area contributed by atoms with Gasteiger partial charge in [0, 0.05) is 6.54 Å². The van der Waals surface area contributed by atoms with E-state index < -0.39 is 0 Å². The fourth-order valence-corrected chi connectivity index (χ4v) is 2.23. The maximum atomic E-state index is 2.39. The van der Waals surface area contributed by atoms with Crippen molar-refractivity contribution >= 4 is 0 Å². The van der Waals surface area contributed by atoms with Crippen LogP contribution >= 0.6 is 0 Å². The van der Waals surface area contributed by atoms with E-state index >= 15 is 0 Å². The zero-order valence-corrected chi connectivity index (χ0v) is 9.65. The average Bonchev–Trinajstić information content (AvgIpc) is 2.26. The fourth-order valence-electron chi connectivity index (χ4n) is 2.23. The highest BCUT2D eigenvalue weighted by Crippen LogP contribution is 2.19. The van der Waals surface area contributed by atoms with Crippen LogP contribution in [0, 0.1) is 0 Å². The molecule has 1 fully saturated rings. The van der Waals surface area contributed by atoms with Crippen LogP contribution < -0.4 is 0 Å². The second kappa shape index (κ2) is 3.92. The van der Waals surface area contributed by atoms with Crippen molar-refractivity contribution in [2.24, 2.45) is 0 Å². The molecule has 13 heavy (non-hydrogen) atoms. The molecule has 0 radical (unpaired) electrons. The molecule has 0 aromatic carbocycles. The first-order valence-electron chi connectivity index (χ1n) is 4.70. The minimum atomic E-state index is 0.424. The molecule has 0 N–H and O–H groups in total. The lowest BCUT2D eigenvalue weighted by Gasteiger charge is -2.33. The van der Waals surface area contributed by atoms with Crippen molar-refractivity contribution in [2.75, 3.05) is 48.8 Å². The van der Waals surface area contributed by atoms with Gasteiger partial charge in [-0.25, -0.2) is 0 Å². The molecule has 78 valence electrons. The first kappa shape index (κ1) is 10.9. The summed E-state index contributed by atoms with van der Waals surface area (Å²) in [6.07, 6.45) is 0.949. The molecular weight excluding hydrogens is 164 g/mol. The summed E-state index contributed by atoms with van der Waals surface area (Å²) in [7, 11) is 12.9. The molecule has 0 bridgehead atoms. The summed E-state index contributed by atoms with van der Waals surface area (Å²) in [5.74, 6) is 0. The van der Waals surface area contributed by atoms with Crippen LogP contribution in [-0.2, 0) is 0 Å². The van der Waals surface area contributed by atoms with Gasteiger partial charge >= 0.3 is 0 Å². The third-order valence-electron chi connectivity index (χ3n) is 2.74. The lowest BCUT2D eigenvalue weighted by atomic mass is 10.4. The molecule has 0 amide bonds. The maximum absolute atomic E-state index is 2.39. The quantitative estimate of drug-likeness (QED) is 0.581. The van der Waals surface area contributed by atoms with Gasteiger partial charge in [0.15, 0.2) is 0 Å². The van der Waals surface area contributed by atoms with Gasteiger partial charge in [-0.3, -0.25) is 19.6 Å². The monoisotopic (exact) mass is 186 g/mol. The standard InChI is InChI=1S/C9H22N4/c1-10(2)8-7-12(5)9(11(3)4)13(8)6/h8-9H,7H2,1-6H3. The molecular formula is C9H22N4. The summed E-state index contributed by atoms with van der Waals surface area (Å²) in [4.78, 5) is 9.26. The summed E-state index contributed by atoms with van der Waals surface area (Å²) in [6, 6.07) is 0. The van der Waals surface area contributed by atoms with E-state index in [0.717, 1.165) is 6.54 Å². The van der Waals surface area contributed by atoms with Gasteiger partial charge in [0.1, 0.15) is 6.29 Å². The molecule has 0 aromatic rings. The van der Waals surface area contributed by atoms with Crippen LogP contribution in [0.2, 0.25) is 0 Å². The lowest BCUT2D eigenvalue weighted by molar-refractivity contribution is 0.0173. The molecule has 0 spiro atoms. The Hall–Kier alpha value is -0.160. The van der Waals surface area contributed by atoms with Gasteiger partial charge < -0.3 is 0 Å². The highest BCUT2D eigenvalue weighted by atomic mass is 15.6. The molecule has 1 saturated heterocycles. The Morgan fingerprint density at radius 2 is 1.54 bits per heavy atom. The minimum Gasteiger partial charge on any atom is -0.293 e. The first-order valence-corrected chi connectivity index (χ1v) is 4.70. The first-order chi connectivity index (χ1) is 5.95. The summed E-state index contributed by atoms with van der Waals surface area (Å²) in [6.45, 7) is 1.10. The van der Waals surface area contributed by atoms with Crippen molar-refractivity contribution in [1.82, 2.24) is 19.6 Å². The zero-order valence-electron chi connectivity index (χ0n) is 9.65. The van der Waals surface area contributed by atoms with Gasteiger partial charge in [-0.2, -0.15) is 0 Å². The predicted molar refractivity (Wildman–Crippen MR) is 55.3 cm³/mol. The molecule has 4 nitrogen and oxygen atoms in total. The van der Waals surface area contributed by atoms with Crippen LogP contribution in [0.15, 0.2) is 0 Å². The third kappa shape index (κ3) is 2.02. The lowest BCUT2D eigenvalue weighted by Crippen LogP contribution is -2.49. The van der Waals surface area contributed by atoms with E-state index in [1.807, 2.05) is 0 Å². The van der Waals surface area contributed by atoms with E-state index in [1.165, 1.54) is 0 Å². The zero-order chi connectivity index (χ0) is 10.2. The molecule has 1 aliphatic rings. The van der Waals surface area contributed by atoms with Gasteiger partial charge in [-0.1, -0.05) is 0 Å². The number of hydrogen-bond donors (Lipinski definition) is 0. The van der Waals surface area contributed by atoms with Crippen LogP contribution in [0.25, 0.3) is 0 Å². The van der Waals surface area contributed by atoms with Gasteiger partial charge in [0.25, 0.3) is 0 Å². The minimum absolute atomic E-state index is 0.424. The van der Waals surface area contributed by atoms with Gasteiger partial charge in [0.05, 0.1) is 6.17 Å². The second-order valence-corrected chi connectivity index (χ2v) is 4.36. The molecule has 1 rings (SSSR count). The topological polar surface area (TPSA) is 13.0 Å². The molecule has 0 aromatic heterocycles. The van der Waals surface area contributed by atoms with Crippen molar-refractivity contribution < 1.29 is 0 Å². The van der Waals surface area contributed by atoms with Crippen molar-refractivity contribution in [3.05, 3.63) is 0 Å². The normalized spacial score (nSPS) is 32.3. The van der Waals surface area contributed by atoms with Crippen LogP contribution in [-0.4, -0.2) is 80.9 Å². The van der Waals surface area contributed by atoms with Crippen LogP contribution in [0.5, 0.6) is 0 Å². The van der Waals surface area contributed by atoms with E-state index in [2.05, 4.69) is 61.9 Å². The molecule has 1 aliphatic heterocycles. The van der Waals surface area contributed by atoms with Crippen LogP contribution in [0.1, 0.15) is 0 Å². The molecule has 4 heteroatoms. The Morgan fingerprint density at radius 3 is 1.77 bits per heavy atom. The summed E-state index contributed by atoms with van der Waals surface area (Å²) in [5.41, 5.74) is 0. The van der Waals surface area contributed by atoms with E-state index in [0.29, 0.717) is 12.5 Å². The average molecular weight is 186 g/mol.